The Morgan fingerprint density at radius 2 is 1.21 bits per heavy atom. The van der Waals surface area contributed by atoms with Crippen LogP contribution in [0.4, 0.5) is 35.1 Å². The molecular formula is C37H32F8O2. The Morgan fingerprint density at radius 1 is 0.660 bits per heavy atom. The Kier molecular flexibility index (Phi) is 10.3. The monoisotopic (exact) mass is 660 g/mol. The summed E-state index contributed by atoms with van der Waals surface area (Å²) >= 11 is 0. The summed E-state index contributed by atoms with van der Waals surface area (Å²) in [6.07, 6.45) is 1.79. The Balaban J connectivity index is 1.27. The van der Waals surface area contributed by atoms with Crippen molar-refractivity contribution in [2.24, 2.45) is 5.92 Å². The third-order valence-electron chi connectivity index (χ3n) is 8.27. The molecule has 0 atom stereocenters. The minimum Gasteiger partial charge on any atom is -0.429 e. The lowest BCUT2D eigenvalue weighted by Gasteiger charge is -2.27. The Bertz CT molecular complexity index is 1660. The van der Waals surface area contributed by atoms with Crippen molar-refractivity contribution in [3.8, 4) is 33.8 Å². The molecule has 0 heterocycles. The van der Waals surface area contributed by atoms with E-state index in [-0.39, 0.29) is 11.1 Å². The summed E-state index contributed by atoms with van der Waals surface area (Å²) in [4.78, 5) is 0. The van der Waals surface area contributed by atoms with Crippen molar-refractivity contribution in [1.82, 2.24) is 0 Å². The van der Waals surface area contributed by atoms with Gasteiger partial charge in [-0.15, -0.1) is 13.2 Å². The van der Waals surface area contributed by atoms with E-state index < -0.39 is 47.0 Å². The lowest BCUT2D eigenvalue weighted by molar-refractivity contribution is -0.274. The summed E-state index contributed by atoms with van der Waals surface area (Å²) in [7, 11) is 0. The van der Waals surface area contributed by atoms with Crippen molar-refractivity contribution in [2.45, 2.75) is 63.8 Å². The van der Waals surface area contributed by atoms with E-state index in [2.05, 4.69) is 28.5 Å². The zero-order chi connectivity index (χ0) is 33.8. The second-order valence-corrected chi connectivity index (χ2v) is 11.6. The van der Waals surface area contributed by atoms with E-state index in [1.165, 1.54) is 17.7 Å². The van der Waals surface area contributed by atoms with E-state index in [1.807, 2.05) is 24.3 Å². The van der Waals surface area contributed by atoms with Crippen LogP contribution in [0.1, 0.15) is 62.5 Å². The number of unbranched alkanes of at least 4 members (excludes halogenated alkanes) is 1. The van der Waals surface area contributed by atoms with Crippen molar-refractivity contribution in [3.05, 3.63) is 120 Å². The first-order chi connectivity index (χ1) is 22.3. The van der Waals surface area contributed by atoms with Gasteiger partial charge in [-0.3, -0.25) is 0 Å². The summed E-state index contributed by atoms with van der Waals surface area (Å²) in [5.74, 6) is -4.51. The molecule has 2 nitrogen and oxygen atoms in total. The number of hydrogen-bond donors (Lipinski definition) is 0. The predicted octanol–water partition coefficient (Wildman–Crippen LogP) is 12.1. The van der Waals surface area contributed by atoms with Gasteiger partial charge >= 0.3 is 12.5 Å². The van der Waals surface area contributed by atoms with Gasteiger partial charge in [-0.1, -0.05) is 61.9 Å². The normalized spacial score (nSPS) is 17.2. The quantitative estimate of drug-likeness (QED) is 0.125. The van der Waals surface area contributed by atoms with Crippen molar-refractivity contribution < 1.29 is 44.6 Å². The van der Waals surface area contributed by atoms with Gasteiger partial charge < -0.3 is 9.47 Å². The Labute approximate surface area is 267 Å². The minimum atomic E-state index is -5.00. The second-order valence-electron chi connectivity index (χ2n) is 11.6. The molecule has 1 aliphatic rings. The van der Waals surface area contributed by atoms with Crippen LogP contribution < -0.4 is 9.47 Å². The number of hydrogen-bond acceptors (Lipinski definition) is 2. The maximum Gasteiger partial charge on any atom is 0.573 e. The van der Waals surface area contributed by atoms with Crippen LogP contribution in [0.5, 0.6) is 11.5 Å². The molecule has 5 rings (SSSR count). The third-order valence-corrected chi connectivity index (χ3v) is 8.27. The zero-order valence-electron chi connectivity index (χ0n) is 25.4. The smallest absolute Gasteiger partial charge is 0.429 e. The Hall–Kier alpha value is -4.34. The lowest BCUT2D eigenvalue weighted by atomic mass is 9.78. The van der Waals surface area contributed by atoms with Gasteiger partial charge in [0.05, 0.1) is 0 Å². The van der Waals surface area contributed by atoms with Gasteiger partial charge in [0.15, 0.2) is 0 Å². The summed E-state index contributed by atoms with van der Waals surface area (Å²) in [5.41, 5.74) is 0.248. The molecule has 0 aromatic heterocycles. The number of ether oxygens (including phenoxy) is 2. The van der Waals surface area contributed by atoms with E-state index in [9.17, 15) is 30.7 Å². The zero-order valence-corrected chi connectivity index (χ0v) is 25.4. The summed E-state index contributed by atoms with van der Waals surface area (Å²) in [6.45, 7) is 2.16. The number of rotatable bonds is 10. The van der Waals surface area contributed by atoms with Gasteiger partial charge in [0.25, 0.3) is 0 Å². The molecule has 0 radical (unpaired) electrons. The van der Waals surface area contributed by atoms with Gasteiger partial charge in [0.1, 0.15) is 34.5 Å². The molecule has 0 N–H and O–H groups in total. The lowest BCUT2D eigenvalue weighted by Crippen LogP contribution is -2.25. The van der Waals surface area contributed by atoms with E-state index in [0.29, 0.717) is 41.7 Å². The van der Waals surface area contributed by atoms with Crippen LogP contribution in [-0.2, 0) is 6.11 Å². The second kappa shape index (κ2) is 14.2. The average Bonchev–Trinajstić information content (AvgIpc) is 3.01. The van der Waals surface area contributed by atoms with Gasteiger partial charge in [0, 0.05) is 5.56 Å². The van der Waals surface area contributed by atoms with Crippen LogP contribution in [0, 0.1) is 23.4 Å². The first kappa shape index (κ1) is 34.0. The van der Waals surface area contributed by atoms with Crippen LogP contribution in [0.25, 0.3) is 22.3 Å². The average molecular weight is 661 g/mol. The summed E-state index contributed by atoms with van der Waals surface area (Å²) in [6, 6.07) is 16.0. The minimum absolute atomic E-state index is 0.205. The van der Waals surface area contributed by atoms with Crippen molar-refractivity contribution in [2.75, 3.05) is 0 Å². The molecule has 248 valence electrons. The molecule has 0 saturated heterocycles. The molecule has 4 aromatic carbocycles. The fourth-order valence-electron chi connectivity index (χ4n) is 5.89. The molecule has 0 bridgehead atoms. The SMILES string of the molecule is CCCC=CC1CCC(c2ccc(-c3ccc(-c4cc(F)c(C(F)(F)Oc5ccc(OC(F)(F)F)cc5)c(F)c4)c(F)c3)cc2)CC1. The molecule has 10 heteroatoms. The molecule has 0 unspecified atom stereocenters. The van der Waals surface area contributed by atoms with Crippen LogP contribution in [0.15, 0.2) is 91.0 Å². The highest BCUT2D eigenvalue weighted by Crippen LogP contribution is 2.40. The van der Waals surface area contributed by atoms with Gasteiger partial charge in [0.2, 0.25) is 0 Å². The highest BCUT2D eigenvalue weighted by molar-refractivity contribution is 5.71. The van der Waals surface area contributed by atoms with Crippen molar-refractivity contribution >= 4 is 0 Å². The van der Waals surface area contributed by atoms with Gasteiger partial charge in [-0.05, 0) is 109 Å². The molecule has 0 aliphatic heterocycles. The highest BCUT2D eigenvalue weighted by atomic mass is 19.4. The van der Waals surface area contributed by atoms with E-state index in [1.54, 1.807) is 6.07 Å². The maximum atomic E-state index is 15.3. The molecule has 0 spiro atoms. The third kappa shape index (κ3) is 8.53. The van der Waals surface area contributed by atoms with E-state index in [4.69, 9.17) is 0 Å². The summed E-state index contributed by atoms with van der Waals surface area (Å²) in [5, 5.41) is 0. The highest BCUT2D eigenvalue weighted by Gasteiger charge is 2.41. The van der Waals surface area contributed by atoms with Crippen molar-refractivity contribution in [3.63, 3.8) is 0 Å². The molecular weight excluding hydrogens is 628 g/mol. The maximum absolute atomic E-state index is 15.3. The number of halogens is 8. The number of alkyl halides is 5. The number of allylic oxidation sites excluding steroid dienone is 2. The van der Waals surface area contributed by atoms with Gasteiger partial charge in [-0.2, -0.15) is 8.78 Å². The fraction of sp³-hybridized carbons (Fsp3) is 0.297. The van der Waals surface area contributed by atoms with Gasteiger partial charge in [-0.25, -0.2) is 13.2 Å². The molecule has 47 heavy (non-hydrogen) atoms. The first-order valence-electron chi connectivity index (χ1n) is 15.3. The molecule has 1 aliphatic carbocycles. The topological polar surface area (TPSA) is 18.5 Å². The van der Waals surface area contributed by atoms with Crippen LogP contribution in [0.2, 0.25) is 0 Å². The molecule has 1 fully saturated rings. The Morgan fingerprint density at radius 3 is 1.77 bits per heavy atom. The predicted molar refractivity (Wildman–Crippen MR) is 164 cm³/mol. The van der Waals surface area contributed by atoms with E-state index >= 15 is 4.39 Å². The first-order valence-corrected chi connectivity index (χ1v) is 15.3. The fourth-order valence-corrected chi connectivity index (χ4v) is 5.89. The standard InChI is InChI=1S/C37H32F8O2/c1-2-3-4-5-23-6-8-24(9-7-23)25-10-12-26(13-11-25)27-14-19-31(32(38)20-27)28-21-33(39)35(34(40)22-28)36(41,42)46-29-15-17-30(18-16-29)47-37(43,44)45/h4-5,10-24H,2-3,6-9H2,1H3. The van der Waals surface area contributed by atoms with Crippen LogP contribution in [0.3, 0.4) is 0 Å². The number of benzene rings is 4. The largest absolute Gasteiger partial charge is 0.573 e. The van der Waals surface area contributed by atoms with Crippen LogP contribution >= 0.6 is 0 Å². The molecule has 4 aromatic rings. The molecule has 1 saturated carbocycles. The van der Waals surface area contributed by atoms with Crippen LogP contribution in [-0.4, -0.2) is 6.36 Å². The van der Waals surface area contributed by atoms with E-state index in [0.717, 1.165) is 56.2 Å². The molecule has 0 amide bonds. The van der Waals surface area contributed by atoms with Crippen molar-refractivity contribution in [1.29, 1.82) is 0 Å². The summed E-state index contributed by atoms with van der Waals surface area (Å²) < 4.78 is 120.